The third-order valence-corrected chi connectivity index (χ3v) is 5.07. The van der Waals surface area contributed by atoms with Gasteiger partial charge in [-0.25, -0.2) is 10.2 Å². The third kappa shape index (κ3) is 7.10. The fraction of sp³-hybridized carbons (Fsp3) is 0.565. The summed E-state index contributed by atoms with van der Waals surface area (Å²) in [5.41, 5.74) is 5.02. The number of fused-ring (bicyclic) bond motifs is 1. The molecule has 0 atom stereocenters. The van der Waals surface area contributed by atoms with Gasteiger partial charge < -0.3 is 9.57 Å². The Bertz CT molecular complexity index is 950. The largest absolute Gasteiger partial charge is 0.492 e. The molecule has 1 N–H and O–H groups in total. The van der Waals surface area contributed by atoms with Crippen molar-refractivity contribution in [2.24, 2.45) is 10.5 Å². The van der Waals surface area contributed by atoms with Crippen molar-refractivity contribution < 1.29 is 28.8 Å². The molecule has 1 aromatic rings. The fourth-order valence-corrected chi connectivity index (χ4v) is 3.55. The molecule has 0 unspecified atom stereocenters. The first-order chi connectivity index (χ1) is 15.6. The molecule has 0 radical (unpaired) electrons. The van der Waals surface area contributed by atoms with E-state index in [1.165, 1.54) is 0 Å². The molecule has 1 aliphatic heterocycles. The molecule has 0 aromatic carbocycles. The molecule has 178 valence electrons. The van der Waals surface area contributed by atoms with E-state index in [9.17, 15) is 19.2 Å². The molecule has 3 rings (SSSR count). The zero-order valence-corrected chi connectivity index (χ0v) is 19.3. The van der Waals surface area contributed by atoms with E-state index in [0.717, 1.165) is 36.2 Å². The maximum atomic E-state index is 12.1. The van der Waals surface area contributed by atoms with E-state index in [0.29, 0.717) is 23.7 Å². The van der Waals surface area contributed by atoms with E-state index in [1.807, 2.05) is 26.8 Å². The van der Waals surface area contributed by atoms with Crippen LogP contribution in [0.15, 0.2) is 17.4 Å². The summed E-state index contributed by atoms with van der Waals surface area (Å²) in [6.45, 7) is 6.24. The van der Waals surface area contributed by atoms with Gasteiger partial charge in [-0.15, -0.1) is 5.06 Å². The number of carbonyl (C=O) groups excluding carboxylic acids is 4. The molecule has 1 fully saturated rings. The zero-order chi connectivity index (χ0) is 24.0. The minimum Gasteiger partial charge on any atom is -0.492 e. The topological polar surface area (TPSA) is 127 Å². The second-order valence-electron chi connectivity index (χ2n) is 9.36. The van der Waals surface area contributed by atoms with Crippen LogP contribution in [0.4, 0.5) is 0 Å². The van der Waals surface area contributed by atoms with E-state index in [-0.39, 0.29) is 37.2 Å². The number of nitrogens with zero attached hydrogens (tertiary/aromatic N) is 3. The monoisotopic (exact) mass is 458 g/mol. The smallest absolute Gasteiger partial charge is 0.333 e. The van der Waals surface area contributed by atoms with Gasteiger partial charge >= 0.3 is 5.97 Å². The van der Waals surface area contributed by atoms with E-state index in [4.69, 9.17) is 9.57 Å². The number of hydrazone groups is 1. The number of aryl methyl sites for hydroxylation is 1. The quantitative estimate of drug-likeness (QED) is 0.360. The van der Waals surface area contributed by atoms with Crippen molar-refractivity contribution in [3.05, 3.63) is 23.5 Å². The number of carbonyl (C=O) groups is 4. The van der Waals surface area contributed by atoms with Crippen LogP contribution in [-0.2, 0) is 30.4 Å². The first-order valence-corrected chi connectivity index (χ1v) is 11.2. The number of hydroxylamine groups is 2. The third-order valence-electron chi connectivity index (χ3n) is 5.07. The van der Waals surface area contributed by atoms with Gasteiger partial charge in [-0.2, -0.15) is 5.10 Å². The van der Waals surface area contributed by atoms with Gasteiger partial charge in [-0.3, -0.25) is 19.4 Å². The van der Waals surface area contributed by atoms with Gasteiger partial charge in [0.15, 0.2) is 0 Å². The van der Waals surface area contributed by atoms with Crippen LogP contribution in [0.3, 0.4) is 0 Å². The van der Waals surface area contributed by atoms with Crippen molar-refractivity contribution in [1.29, 1.82) is 0 Å². The van der Waals surface area contributed by atoms with Crippen LogP contribution in [0.5, 0.6) is 5.75 Å². The number of aromatic nitrogens is 1. The van der Waals surface area contributed by atoms with Crippen molar-refractivity contribution in [2.45, 2.75) is 72.1 Å². The van der Waals surface area contributed by atoms with E-state index >= 15 is 0 Å². The molecule has 10 heteroatoms. The predicted octanol–water partition coefficient (Wildman–Crippen LogP) is 2.44. The van der Waals surface area contributed by atoms with Crippen LogP contribution in [0, 0.1) is 5.41 Å². The minimum absolute atomic E-state index is 0.0144. The highest BCUT2D eigenvalue weighted by atomic mass is 16.7. The SMILES string of the molecule is CC(C)(C)CC(=O)N/N=C1/CCCc2cc(OCCCC(=O)ON3C(=O)CCC3=O)cnc21. The van der Waals surface area contributed by atoms with Gasteiger partial charge in [0.2, 0.25) is 5.91 Å². The van der Waals surface area contributed by atoms with Gasteiger partial charge in [-0.1, -0.05) is 20.8 Å². The van der Waals surface area contributed by atoms with Gasteiger partial charge in [0.25, 0.3) is 11.8 Å². The van der Waals surface area contributed by atoms with Crippen LogP contribution in [0.25, 0.3) is 0 Å². The Balaban J connectivity index is 1.48. The molecule has 2 heterocycles. The fourth-order valence-electron chi connectivity index (χ4n) is 3.55. The highest BCUT2D eigenvalue weighted by Crippen LogP contribution is 2.24. The van der Waals surface area contributed by atoms with Gasteiger partial charge in [0, 0.05) is 19.3 Å². The first-order valence-electron chi connectivity index (χ1n) is 11.2. The predicted molar refractivity (Wildman–Crippen MR) is 118 cm³/mol. The second kappa shape index (κ2) is 10.5. The summed E-state index contributed by atoms with van der Waals surface area (Å²) in [6.07, 6.45) is 4.95. The molecule has 3 amide bonds. The lowest BCUT2D eigenvalue weighted by Crippen LogP contribution is -2.32. The highest BCUT2D eigenvalue weighted by molar-refractivity contribution is 6.02. The van der Waals surface area contributed by atoms with Crippen molar-refractivity contribution in [2.75, 3.05) is 6.61 Å². The van der Waals surface area contributed by atoms with Crippen LogP contribution in [-0.4, -0.2) is 46.1 Å². The summed E-state index contributed by atoms with van der Waals surface area (Å²) in [5.74, 6) is -1.20. The molecular weight excluding hydrogens is 428 g/mol. The average molecular weight is 459 g/mol. The number of imide groups is 1. The summed E-state index contributed by atoms with van der Waals surface area (Å²) in [4.78, 5) is 56.1. The minimum atomic E-state index is -0.653. The van der Waals surface area contributed by atoms with Crippen molar-refractivity contribution in [3.63, 3.8) is 0 Å². The van der Waals surface area contributed by atoms with Gasteiger partial charge in [0.1, 0.15) is 5.75 Å². The Labute approximate surface area is 192 Å². The summed E-state index contributed by atoms with van der Waals surface area (Å²) < 4.78 is 5.70. The standard InChI is InChI=1S/C23H30N4O6/c1-23(2,3)13-18(28)26-25-17-7-4-6-15-12-16(14-24-22(15)17)32-11-5-8-21(31)33-27-19(29)9-10-20(27)30/h12,14H,4-11,13H2,1-3H3,(H,26,28)/b25-17-. The number of nitrogens with one attached hydrogen (secondary N) is 1. The average Bonchev–Trinajstić information content (AvgIpc) is 3.06. The van der Waals surface area contributed by atoms with Crippen molar-refractivity contribution in [3.8, 4) is 5.75 Å². The lowest BCUT2D eigenvalue weighted by atomic mass is 9.92. The lowest BCUT2D eigenvalue weighted by molar-refractivity contribution is -0.197. The Hall–Kier alpha value is -3.30. The number of rotatable bonds is 8. The zero-order valence-electron chi connectivity index (χ0n) is 19.3. The molecule has 0 bridgehead atoms. The van der Waals surface area contributed by atoms with Crippen LogP contribution >= 0.6 is 0 Å². The second-order valence-corrected chi connectivity index (χ2v) is 9.36. The first kappa shape index (κ1) is 24.3. The summed E-state index contributed by atoms with van der Waals surface area (Å²) >= 11 is 0. The maximum Gasteiger partial charge on any atom is 0.333 e. The molecule has 1 saturated heterocycles. The van der Waals surface area contributed by atoms with E-state index < -0.39 is 17.8 Å². The number of hydrogen-bond donors (Lipinski definition) is 1. The molecule has 2 aliphatic rings. The Kier molecular flexibility index (Phi) is 7.78. The van der Waals surface area contributed by atoms with Crippen LogP contribution in [0.1, 0.15) is 77.0 Å². The number of pyridine rings is 1. The number of amides is 3. The van der Waals surface area contributed by atoms with Gasteiger partial charge in [0.05, 0.1) is 30.6 Å². The Morgan fingerprint density at radius 2 is 1.88 bits per heavy atom. The van der Waals surface area contributed by atoms with Crippen LogP contribution in [0.2, 0.25) is 0 Å². The summed E-state index contributed by atoms with van der Waals surface area (Å²) in [5, 5.41) is 4.84. The normalized spacial score (nSPS) is 17.2. The van der Waals surface area contributed by atoms with E-state index in [1.54, 1.807) is 6.20 Å². The van der Waals surface area contributed by atoms with E-state index in [2.05, 4.69) is 15.5 Å². The molecule has 1 aromatic heterocycles. The van der Waals surface area contributed by atoms with Gasteiger partial charge in [-0.05, 0) is 42.7 Å². The molecular formula is C23H30N4O6. The van der Waals surface area contributed by atoms with Crippen molar-refractivity contribution >= 4 is 29.4 Å². The van der Waals surface area contributed by atoms with Crippen LogP contribution < -0.4 is 10.2 Å². The summed E-state index contributed by atoms with van der Waals surface area (Å²) in [7, 11) is 0. The lowest BCUT2D eigenvalue weighted by Gasteiger charge is -2.19. The molecule has 1 aliphatic carbocycles. The number of ether oxygens (including phenoxy) is 1. The van der Waals surface area contributed by atoms with Crippen molar-refractivity contribution in [1.82, 2.24) is 15.5 Å². The molecule has 0 spiro atoms. The Morgan fingerprint density at radius 1 is 1.15 bits per heavy atom. The Morgan fingerprint density at radius 3 is 2.58 bits per heavy atom. The maximum absolute atomic E-state index is 12.1. The molecule has 10 nitrogen and oxygen atoms in total. The molecule has 0 saturated carbocycles. The number of hydrogen-bond acceptors (Lipinski definition) is 8. The highest BCUT2D eigenvalue weighted by Gasteiger charge is 2.32. The molecule has 33 heavy (non-hydrogen) atoms. The summed E-state index contributed by atoms with van der Waals surface area (Å²) in [6, 6.07) is 1.90.